The number of fused-ring (bicyclic) bond motifs is 6. The number of thiophene rings is 2. The maximum atomic E-state index is 12.2. The van der Waals surface area contributed by atoms with Crippen LogP contribution in [0.25, 0.3) is 130 Å². The number of aliphatic hydroxyl groups is 3. The Balaban J connectivity index is 0.000000230. The molecule has 741 valence electrons. The molecule has 0 fully saturated rings. The van der Waals surface area contributed by atoms with Crippen LogP contribution in [0, 0.1) is 64.5 Å². The van der Waals surface area contributed by atoms with Gasteiger partial charge in [-0.1, -0.05) is 369 Å². The molecule has 0 amide bonds. The number of carbonyl (C=O) groups is 3. The summed E-state index contributed by atoms with van der Waals surface area (Å²) in [5.74, 6) is 1.69. The van der Waals surface area contributed by atoms with E-state index in [1.54, 1.807) is 11.3 Å². The fraction of sp³-hybridized carbons (Fsp3) is 0.366. The van der Waals surface area contributed by atoms with Crippen LogP contribution in [0.1, 0.15) is 239 Å². The Hall–Kier alpha value is -9.54. The molecule has 0 saturated heterocycles. The van der Waals surface area contributed by atoms with Crippen LogP contribution in [-0.4, -0.2) is 55.7 Å². The first-order chi connectivity index (χ1) is 64.6. The molecule has 3 radical (unpaired) electrons. The van der Waals surface area contributed by atoms with Gasteiger partial charge < -0.3 is 19.7 Å². The number of allylic oxidation sites excluding steroid dienone is 6. The van der Waals surface area contributed by atoms with Crippen LogP contribution in [0.4, 0.5) is 0 Å². The minimum Gasteiger partial charge on any atom is -0.512 e. The van der Waals surface area contributed by atoms with Crippen molar-refractivity contribution in [2.24, 2.45) is 32.5 Å². The predicted octanol–water partition coefficient (Wildman–Crippen LogP) is 35.7. The van der Waals surface area contributed by atoms with Gasteiger partial charge in [-0.15, -0.1) is 110 Å². The van der Waals surface area contributed by atoms with Gasteiger partial charge in [-0.2, -0.15) is 0 Å². The standard InChI is InChI=1S/C28H24NS.C26H22NSSi.C24H16NO.3C15H28O2.3Ir/c1-18-22-14-15-29-25(27(22)30-26(18)19-10-6-5-7-11-19)21-16-20-12-8-9-13-23(20)24(17-21)28(2,3)4;1-29(2,3)25-17-21(15-19-11-7-8-12-22(19)25)23-14-13-20-16-24(28-26(20)27-23)18-9-5-4-6-10-18;1-16-13-19(14-18-9-5-6-10-20(16)18)21-11-12-23-22(25-21)15-24(26-23)17-7-3-2-4-8-17;3*1-7-14(5,8-2)12(16)11-13(17)15(6,9-3)10-4;;;/h5-15,17H,1-4H3;4-14,16-17H,1-3H3;2-13,15H,1H3;3*11,16H,7-10H2,1-6H3;;;/q3*-1;;;;;;. The zero-order valence-corrected chi connectivity index (χ0v) is 96.6. The van der Waals surface area contributed by atoms with Gasteiger partial charge >= 0.3 is 0 Å². The number of hydrogen-bond donors (Lipinski definition) is 3. The number of aromatic nitrogens is 3. The molecule has 0 aliphatic heterocycles. The van der Waals surface area contributed by atoms with E-state index in [0.29, 0.717) is 0 Å². The number of pyridine rings is 3. The van der Waals surface area contributed by atoms with Crippen molar-refractivity contribution >= 4 is 117 Å². The van der Waals surface area contributed by atoms with Gasteiger partial charge in [0.05, 0.1) is 8.07 Å². The quantitative estimate of drug-likeness (QED) is 0.0186. The zero-order valence-electron chi connectivity index (χ0n) is 86.8. The first-order valence-corrected chi connectivity index (χ1v) is 54.3. The second-order valence-electron chi connectivity index (χ2n) is 40.1. The maximum absolute atomic E-state index is 12.2. The van der Waals surface area contributed by atoms with Gasteiger partial charge in [-0.05, 0) is 130 Å². The van der Waals surface area contributed by atoms with E-state index in [9.17, 15) is 29.7 Å². The summed E-state index contributed by atoms with van der Waals surface area (Å²) in [6.07, 6.45) is 16.2. The number of benzene rings is 9. The van der Waals surface area contributed by atoms with Gasteiger partial charge in [-0.3, -0.25) is 29.3 Å². The predicted molar refractivity (Wildman–Crippen MR) is 585 cm³/mol. The van der Waals surface area contributed by atoms with Crippen LogP contribution in [0.5, 0.6) is 0 Å². The third kappa shape index (κ3) is 27.9. The van der Waals surface area contributed by atoms with Crippen molar-refractivity contribution in [3.63, 3.8) is 0 Å². The molecule has 16 heteroatoms. The molecule has 6 aromatic heterocycles. The van der Waals surface area contributed by atoms with E-state index in [4.69, 9.17) is 19.4 Å². The molecule has 0 atom stereocenters. The molecule has 0 unspecified atom stereocenters. The Labute approximate surface area is 879 Å². The minimum absolute atomic E-state index is 0. The fourth-order valence-corrected chi connectivity index (χ4v) is 20.4. The zero-order chi connectivity index (χ0) is 99.5. The minimum atomic E-state index is -1.50. The SMILES string of the molecule is CCC(C)(CC)C(=O)C=C(O)C(C)(CC)CC.CCC(C)(CC)C(=O)C=C(O)C(C)(CC)CC.CCC(C)(CC)C(=O)C=C(O)C(C)(CC)CC.C[Si](C)(C)c1cc(-c2ccc3cc(-c4ccccc4)sc3n2)[c-]c2ccccc12.Cc1c(-c2ccccc2)sc2c(-c3[c-]c4ccccc4c(C(C)(C)C)c3)nccc12.Cc1cc(-c2ccc3oc(-c4ccccc4)cc3n2)[c-]c2ccccc12.[Ir].[Ir].[Ir]. The average molecular weight is 2450 g/mol. The van der Waals surface area contributed by atoms with E-state index >= 15 is 0 Å². The molecule has 15 aromatic rings. The van der Waals surface area contributed by atoms with Gasteiger partial charge in [0.1, 0.15) is 33.4 Å². The van der Waals surface area contributed by atoms with E-state index in [-0.39, 0.29) is 133 Å². The van der Waals surface area contributed by atoms with E-state index in [1.165, 1.54) is 98.0 Å². The van der Waals surface area contributed by atoms with E-state index in [0.717, 1.165) is 149 Å². The van der Waals surface area contributed by atoms with Crippen molar-refractivity contribution in [3.05, 3.63) is 301 Å². The van der Waals surface area contributed by atoms with Crippen molar-refractivity contribution in [2.45, 2.75) is 261 Å². The summed E-state index contributed by atoms with van der Waals surface area (Å²) in [6, 6.07) is 89.0. The van der Waals surface area contributed by atoms with Crippen molar-refractivity contribution in [1.82, 2.24) is 15.0 Å². The van der Waals surface area contributed by atoms with Crippen LogP contribution >= 0.6 is 22.7 Å². The van der Waals surface area contributed by atoms with E-state index in [2.05, 4.69) is 242 Å². The Kier molecular flexibility index (Phi) is 42.7. The average Bonchev–Trinajstić information content (AvgIpc) is 1.68. The fourth-order valence-electron chi connectivity index (χ4n) is 16.4. The summed E-state index contributed by atoms with van der Waals surface area (Å²) in [5, 5.41) is 41.6. The second kappa shape index (κ2) is 50.9. The summed E-state index contributed by atoms with van der Waals surface area (Å²) in [7, 11) is -1.50. The first kappa shape index (κ1) is 116. The van der Waals surface area contributed by atoms with Crippen molar-refractivity contribution in [1.29, 1.82) is 0 Å². The summed E-state index contributed by atoms with van der Waals surface area (Å²) in [5.41, 5.74) is 13.5. The molecule has 15 rings (SSSR count). The van der Waals surface area contributed by atoms with Gasteiger partial charge in [0, 0.05) is 166 Å². The normalized spacial score (nSPS) is 12.3. The maximum Gasteiger partial charge on any atom is 0.164 e. The Bertz CT molecular complexity index is 6570. The van der Waals surface area contributed by atoms with Gasteiger partial charge in [0.25, 0.3) is 0 Å². The van der Waals surface area contributed by atoms with E-state index in [1.807, 2.05) is 197 Å². The summed E-state index contributed by atoms with van der Waals surface area (Å²) < 4.78 is 7.20. The molecule has 0 bridgehead atoms. The molecule has 0 spiro atoms. The van der Waals surface area contributed by atoms with Crippen LogP contribution in [0.3, 0.4) is 0 Å². The number of carbonyl (C=O) groups excluding carboxylic acids is 3. The molecule has 3 N–H and O–H groups in total. The Morgan fingerprint density at radius 2 is 0.784 bits per heavy atom. The summed E-state index contributed by atoms with van der Waals surface area (Å²) in [4.78, 5) is 54.9. The second-order valence-corrected chi connectivity index (χ2v) is 47.2. The van der Waals surface area contributed by atoms with Crippen LogP contribution < -0.4 is 5.19 Å². The van der Waals surface area contributed by atoms with Gasteiger partial charge in [0.2, 0.25) is 0 Å². The Morgan fingerprint density at radius 3 is 1.24 bits per heavy atom. The number of nitrogens with zero attached hydrogens (tertiary/aromatic N) is 3. The number of ketones is 3. The van der Waals surface area contributed by atoms with Crippen LogP contribution in [0.15, 0.2) is 271 Å². The molecular formula is C123H146Ir3N3O7S2Si-3. The number of hydrogen-bond acceptors (Lipinski definition) is 12. The van der Waals surface area contributed by atoms with Gasteiger partial charge in [-0.25, -0.2) is 0 Å². The number of furan rings is 1. The smallest absolute Gasteiger partial charge is 0.164 e. The number of aryl methyl sites for hydroxylation is 2. The van der Waals surface area contributed by atoms with Crippen molar-refractivity contribution in [2.75, 3.05) is 0 Å². The monoisotopic (exact) mass is 2450 g/mol. The molecule has 0 aliphatic carbocycles. The van der Waals surface area contributed by atoms with E-state index < -0.39 is 8.07 Å². The topological polar surface area (TPSA) is 164 Å². The van der Waals surface area contributed by atoms with Gasteiger partial charge in [0.15, 0.2) is 22.9 Å². The number of aliphatic hydroxyl groups excluding tert-OH is 3. The summed E-state index contributed by atoms with van der Waals surface area (Å²) in [6.45, 7) is 54.6. The molecule has 139 heavy (non-hydrogen) atoms. The molecular weight excluding hydrogens is 2300 g/mol. The van der Waals surface area contributed by atoms with Crippen molar-refractivity contribution < 1.29 is 94.4 Å². The van der Waals surface area contributed by atoms with Crippen LogP contribution in [0.2, 0.25) is 19.6 Å². The van der Waals surface area contributed by atoms with Crippen LogP contribution in [-0.2, 0) is 80.1 Å². The molecule has 9 aromatic carbocycles. The largest absolute Gasteiger partial charge is 0.512 e. The molecule has 0 saturated carbocycles. The van der Waals surface area contributed by atoms with Crippen molar-refractivity contribution in [3.8, 4) is 66.0 Å². The third-order valence-corrected chi connectivity index (χ3v) is 34.0. The first-order valence-electron chi connectivity index (χ1n) is 49.1. The summed E-state index contributed by atoms with van der Waals surface area (Å²) >= 11 is 3.59. The molecule has 0 aliphatic rings. The number of rotatable bonds is 28. The molecule has 6 heterocycles. The molecule has 10 nitrogen and oxygen atoms in total. The Morgan fingerprint density at radius 1 is 0.396 bits per heavy atom. The third-order valence-electron chi connectivity index (χ3n) is 29.5.